The lowest BCUT2D eigenvalue weighted by molar-refractivity contribution is 0.413. The average Bonchev–Trinajstić information content (AvgIpc) is 2.03. The van der Waals surface area contributed by atoms with Crippen LogP contribution in [0, 0.1) is 0 Å². The van der Waals surface area contributed by atoms with Crippen LogP contribution in [-0.4, -0.2) is 25.5 Å². The quantitative estimate of drug-likeness (QED) is 0.738. The largest absolute Gasteiger partial charge is 0.507 e. The molecule has 13 heavy (non-hydrogen) atoms. The van der Waals surface area contributed by atoms with E-state index in [1.165, 1.54) is 13.2 Å². The Morgan fingerprint density at radius 1 is 1.38 bits per heavy atom. The molecule has 0 bridgehead atoms. The van der Waals surface area contributed by atoms with Crippen molar-refractivity contribution >= 4 is 12.4 Å². The highest BCUT2D eigenvalue weighted by Gasteiger charge is 2.16. The molecule has 0 aromatic heterocycles. The smallest absolute Gasteiger partial charge is 0.126 e. The van der Waals surface area contributed by atoms with Crippen molar-refractivity contribution in [2.45, 2.75) is 0 Å². The van der Waals surface area contributed by atoms with Crippen LogP contribution in [0.3, 0.4) is 0 Å². The van der Waals surface area contributed by atoms with Crippen molar-refractivity contribution in [3.05, 3.63) is 18.2 Å². The number of phenolic OH excluding ortho intramolecular Hbond substituents is 1. The van der Waals surface area contributed by atoms with Crippen LogP contribution >= 0.6 is 7.14 Å². The minimum atomic E-state index is -2.43. The molecule has 0 aliphatic carbocycles. The second-order valence-corrected chi connectivity index (χ2v) is 6.39. The van der Waals surface area contributed by atoms with E-state index in [1.807, 2.05) is 0 Å². The van der Waals surface area contributed by atoms with Gasteiger partial charge in [0, 0.05) is 0 Å². The van der Waals surface area contributed by atoms with Crippen LogP contribution in [0.15, 0.2) is 18.2 Å². The van der Waals surface area contributed by atoms with Gasteiger partial charge in [-0.1, -0.05) is 0 Å². The van der Waals surface area contributed by atoms with Crippen LogP contribution in [0.2, 0.25) is 0 Å². The van der Waals surface area contributed by atoms with Gasteiger partial charge in [0.25, 0.3) is 0 Å². The molecule has 0 saturated heterocycles. The first-order valence-corrected chi connectivity index (χ1v) is 6.48. The highest BCUT2D eigenvalue weighted by atomic mass is 31.2. The number of aromatic hydroxyl groups is 1. The van der Waals surface area contributed by atoms with Gasteiger partial charge in [0.15, 0.2) is 0 Å². The zero-order chi connectivity index (χ0) is 10.1. The Labute approximate surface area is 77.7 Å². The van der Waals surface area contributed by atoms with Crippen molar-refractivity contribution in [2.24, 2.45) is 0 Å². The van der Waals surface area contributed by atoms with E-state index in [0.717, 1.165) is 0 Å². The fourth-order valence-electron chi connectivity index (χ4n) is 1.06. The molecule has 0 radical (unpaired) electrons. The number of benzene rings is 1. The molecule has 0 aliphatic rings. The average molecular weight is 200 g/mol. The summed E-state index contributed by atoms with van der Waals surface area (Å²) in [7, 11) is -0.892. The maximum Gasteiger partial charge on any atom is 0.126 e. The number of methoxy groups -OCH3 is 1. The Morgan fingerprint density at radius 3 is 2.46 bits per heavy atom. The molecule has 72 valence electrons. The molecule has 0 heterocycles. The zero-order valence-electron chi connectivity index (χ0n) is 7.94. The minimum Gasteiger partial charge on any atom is -0.507 e. The number of rotatable bonds is 2. The number of ether oxygens (including phenoxy) is 1. The minimum absolute atomic E-state index is 0.0640. The Balaban J connectivity index is 3.27. The third-order valence-electron chi connectivity index (χ3n) is 1.76. The Morgan fingerprint density at radius 2 is 2.00 bits per heavy atom. The van der Waals surface area contributed by atoms with Crippen molar-refractivity contribution in [3.8, 4) is 11.5 Å². The van der Waals surface area contributed by atoms with Gasteiger partial charge in [-0.15, -0.1) is 0 Å². The van der Waals surface area contributed by atoms with E-state index >= 15 is 0 Å². The maximum absolute atomic E-state index is 11.7. The number of hydrogen-bond donors (Lipinski definition) is 1. The summed E-state index contributed by atoms with van der Waals surface area (Å²) in [6.45, 7) is 3.23. The first-order chi connectivity index (χ1) is 5.95. The molecule has 1 rings (SSSR count). The van der Waals surface area contributed by atoms with Crippen LogP contribution < -0.4 is 10.0 Å². The van der Waals surface area contributed by atoms with E-state index in [9.17, 15) is 9.67 Å². The molecule has 0 fully saturated rings. The summed E-state index contributed by atoms with van der Waals surface area (Å²) in [5, 5.41) is 9.90. The van der Waals surface area contributed by atoms with Gasteiger partial charge in [-0.3, -0.25) is 0 Å². The van der Waals surface area contributed by atoms with Crippen LogP contribution in [0.25, 0.3) is 0 Å². The van der Waals surface area contributed by atoms with Crippen molar-refractivity contribution < 1.29 is 14.4 Å². The van der Waals surface area contributed by atoms with Gasteiger partial charge in [0.2, 0.25) is 0 Å². The van der Waals surface area contributed by atoms with Gasteiger partial charge in [0.05, 0.1) is 12.4 Å². The molecule has 1 N–H and O–H groups in total. The summed E-state index contributed by atoms with van der Waals surface area (Å²) in [4.78, 5) is 0. The number of phenols is 1. The highest BCUT2D eigenvalue weighted by molar-refractivity contribution is 7.70. The molecule has 0 amide bonds. The molecule has 0 atom stereocenters. The van der Waals surface area contributed by atoms with Crippen molar-refractivity contribution in [1.82, 2.24) is 0 Å². The molecule has 3 nitrogen and oxygen atoms in total. The van der Waals surface area contributed by atoms with Gasteiger partial charge >= 0.3 is 0 Å². The lowest BCUT2D eigenvalue weighted by Gasteiger charge is -2.10. The normalized spacial score (nSPS) is 11.3. The SMILES string of the molecule is COc1ccc(O)c(P(C)(C)=O)c1. The van der Waals surface area contributed by atoms with Gasteiger partial charge in [-0.2, -0.15) is 0 Å². The molecule has 0 spiro atoms. The molecular formula is C9H13O3P. The maximum atomic E-state index is 11.7. The predicted octanol–water partition coefficient (Wildman–Crippen LogP) is 1.65. The molecule has 0 saturated carbocycles. The predicted molar refractivity (Wildman–Crippen MR) is 53.7 cm³/mol. The molecular weight excluding hydrogens is 187 g/mol. The van der Waals surface area contributed by atoms with E-state index in [2.05, 4.69) is 0 Å². The van der Waals surface area contributed by atoms with E-state index in [-0.39, 0.29) is 5.75 Å². The Bertz CT molecular complexity index is 354. The second-order valence-electron chi connectivity index (χ2n) is 3.21. The van der Waals surface area contributed by atoms with Crippen LogP contribution in [-0.2, 0) is 4.57 Å². The lowest BCUT2D eigenvalue weighted by Crippen LogP contribution is -2.03. The molecule has 1 aromatic rings. The third-order valence-corrected chi connectivity index (χ3v) is 3.28. The van der Waals surface area contributed by atoms with E-state index in [4.69, 9.17) is 4.74 Å². The van der Waals surface area contributed by atoms with Crippen molar-refractivity contribution in [3.63, 3.8) is 0 Å². The van der Waals surface area contributed by atoms with Gasteiger partial charge in [-0.25, -0.2) is 0 Å². The first kappa shape index (κ1) is 10.1. The first-order valence-electron chi connectivity index (χ1n) is 3.87. The fraction of sp³-hybridized carbons (Fsp3) is 0.333. The molecule has 0 unspecified atom stereocenters. The molecule has 0 aliphatic heterocycles. The summed E-state index contributed by atoms with van der Waals surface area (Å²) < 4.78 is 16.7. The Kier molecular flexibility index (Phi) is 2.67. The van der Waals surface area contributed by atoms with E-state index in [0.29, 0.717) is 11.1 Å². The fourth-order valence-corrected chi connectivity index (χ4v) is 2.13. The monoisotopic (exact) mass is 200 g/mol. The lowest BCUT2D eigenvalue weighted by atomic mass is 10.3. The topological polar surface area (TPSA) is 46.5 Å². The standard InChI is InChI=1S/C9H13O3P/c1-12-7-4-5-8(10)9(6-7)13(2,3)11/h4-6,10H,1-3H3. The summed E-state index contributed by atoms with van der Waals surface area (Å²) in [5.74, 6) is 0.672. The van der Waals surface area contributed by atoms with E-state index in [1.54, 1.807) is 25.5 Å². The highest BCUT2D eigenvalue weighted by Crippen LogP contribution is 2.39. The van der Waals surface area contributed by atoms with Gasteiger partial charge in [-0.05, 0) is 31.5 Å². The van der Waals surface area contributed by atoms with Crippen LogP contribution in [0.4, 0.5) is 0 Å². The summed E-state index contributed by atoms with van der Waals surface area (Å²) in [5.41, 5.74) is 0. The van der Waals surface area contributed by atoms with E-state index < -0.39 is 7.14 Å². The molecule has 4 heteroatoms. The van der Waals surface area contributed by atoms with Crippen molar-refractivity contribution in [2.75, 3.05) is 20.4 Å². The third kappa shape index (κ3) is 2.25. The van der Waals surface area contributed by atoms with Crippen molar-refractivity contribution in [1.29, 1.82) is 0 Å². The van der Waals surface area contributed by atoms with Crippen LogP contribution in [0.1, 0.15) is 0 Å². The zero-order valence-corrected chi connectivity index (χ0v) is 8.84. The van der Waals surface area contributed by atoms with Crippen LogP contribution in [0.5, 0.6) is 11.5 Å². The van der Waals surface area contributed by atoms with Gasteiger partial charge in [0.1, 0.15) is 18.6 Å². The summed E-state index contributed by atoms with van der Waals surface area (Å²) >= 11 is 0. The summed E-state index contributed by atoms with van der Waals surface area (Å²) in [6.07, 6.45) is 0. The van der Waals surface area contributed by atoms with Gasteiger partial charge < -0.3 is 14.4 Å². The Hall–Kier alpha value is -0.950. The summed E-state index contributed by atoms with van der Waals surface area (Å²) in [6, 6.07) is 4.73. The molecule has 1 aromatic carbocycles. The number of hydrogen-bond acceptors (Lipinski definition) is 3. The second kappa shape index (κ2) is 3.43.